The van der Waals surface area contributed by atoms with Crippen LogP contribution in [0.1, 0.15) is 37.6 Å². The summed E-state index contributed by atoms with van der Waals surface area (Å²) in [5.74, 6) is 1.35. The second kappa shape index (κ2) is 7.90. The van der Waals surface area contributed by atoms with Gasteiger partial charge in [-0.2, -0.15) is 0 Å². The fraction of sp³-hybridized carbons (Fsp3) is 0.333. The number of hydrogen-bond acceptors (Lipinski definition) is 2. The first kappa shape index (κ1) is 16.4. The quantitative estimate of drug-likeness (QED) is 0.799. The third kappa shape index (κ3) is 5.11. The summed E-state index contributed by atoms with van der Waals surface area (Å²) in [6.45, 7) is 6.40. The van der Waals surface area contributed by atoms with E-state index < -0.39 is 0 Å². The number of aryl methyl sites for hydroxylation is 1. The van der Waals surface area contributed by atoms with Crippen molar-refractivity contribution in [2.45, 2.75) is 33.2 Å². The van der Waals surface area contributed by atoms with Gasteiger partial charge in [0.1, 0.15) is 5.82 Å². The van der Waals surface area contributed by atoms with Crippen LogP contribution in [-0.2, 0) is 0 Å². The number of aromatic nitrogens is 1. The van der Waals surface area contributed by atoms with E-state index in [1.807, 2.05) is 31.2 Å². The van der Waals surface area contributed by atoms with E-state index in [2.05, 4.69) is 53.7 Å². The summed E-state index contributed by atoms with van der Waals surface area (Å²) in [7, 11) is 0. The third-order valence-electron chi connectivity index (χ3n) is 3.34. The first-order valence-corrected chi connectivity index (χ1v) is 8.01. The molecule has 0 unspecified atom stereocenters. The normalized spacial score (nSPS) is 12.0. The van der Waals surface area contributed by atoms with E-state index in [1.165, 1.54) is 5.56 Å². The predicted molar refractivity (Wildman–Crippen MR) is 97.0 cm³/mol. The highest BCUT2D eigenvalue weighted by atomic mass is 32.1. The fourth-order valence-corrected chi connectivity index (χ4v) is 2.61. The SMILES string of the molecule is Cc1cccc(NC(=S)N[C@H](CC(C)C)c2ccccc2)n1. The van der Waals surface area contributed by atoms with Gasteiger partial charge in [-0.05, 0) is 49.2 Å². The van der Waals surface area contributed by atoms with Gasteiger partial charge in [-0.15, -0.1) is 0 Å². The van der Waals surface area contributed by atoms with Crippen molar-refractivity contribution in [1.82, 2.24) is 10.3 Å². The molecule has 0 radical (unpaired) electrons. The summed E-state index contributed by atoms with van der Waals surface area (Å²) in [4.78, 5) is 4.42. The van der Waals surface area contributed by atoms with Crippen LogP contribution in [0.2, 0.25) is 0 Å². The number of benzene rings is 1. The molecule has 22 heavy (non-hydrogen) atoms. The number of nitrogens with zero attached hydrogens (tertiary/aromatic N) is 1. The minimum Gasteiger partial charge on any atom is -0.356 e. The average molecular weight is 313 g/mol. The molecular formula is C18H23N3S. The minimum absolute atomic E-state index is 0.200. The van der Waals surface area contributed by atoms with E-state index in [4.69, 9.17) is 12.2 Å². The second-order valence-corrected chi connectivity index (χ2v) is 6.26. The Morgan fingerprint density at radius 2 is 1.82 bits per heavy atom. The number of rotatable bonds is 5. The Bertz CT molecular complexity index is 611. The molecule has 0 amide bonds. The molecule has 4 heteroatoms. The molecule has 3 nitrogen and oxygen atoms in total. The summed E-state index contributed by atoms with van der Waals surface area (Å²) >= 11 is 5.45. The van der Waals surface area contributed by atoms with Crippen molar-refractivity contribution in [3.8, 4) is 0 Å². The van der Waals surface area contributed by atoms with Gasteiger partial charge >= 0.3 is 0 Å². The molecule has 0 aliphatic carbocycles. The lowest BCUT2D eigenvalue weighted by Crippen LogP contribution is -2.33. The lowest BCUT2D eigenvalue weighted by Gasteiger charge is -2.23. The standard InChI is InChI=1S/C18H23N3S/c1-13(2)12-16(15-9-5-4-6-10-15)20-18(22)21-17-11-7-8-14(3)19-17/h4-11,13,16H,12H2,1-3H3,(H2,19,20,21,22)/t16-/m1/s1. The van der Waals surface area contributed by atoms with Gasteiger partial charge in [0.2, 0.25) is 0 Å². The van der Waals surface area contributed by atoms with Crippen LogP contribution in [0.25, 0.3) is 0 Å². The molecule has 2 rings (SSSR count). The molecule has 116 valence electrons. The van der Waals surface area contributed by atoms with Crippen molar-refractivity contribution < 1.29 is 0 Å². The van der Waals surface area contributed by atoms with E-state index in [0.29, 0.717) is 11.0 Å². The number of nitrogens with one attached hydrogen (secondary N) is 2. The zero-order chi connectivity index (χ0) is 15.9. The number of hydrogen-bond donors (Lipinski definition) is 2. The largest absolute Gasteiger partial charge is 0.356 e. The molecule has 1 heterocycles. The van der Waals surface area contributed by atoms with Crippen LogP contribution in [0.4, 0.5) is 5.82 Å². The van der Waals surface area contributed by atoms with Gasteiger partial charge in [0.15, 0.2) is 5.11 Å². The van der Waals surface area contributed by atoms with E-state index in [1.54, 1.807) is 0 Å². The highest BCUT2D eigenvalue weighted by Crippen LogP contribution is 2.21. The van der Waals surface area contributed by atoms with Gasteiger partial charge in [0.05, 0.1) is 6.04 Å². The third-order valence-corrected chi connectivity index (χ3v) is 3.56. The molecule has 0 spiro atoms. The maximum atomic E-state index is 5.45. The lowest BCUT2D eigenvalue weighted by atomic mass is 9.97. The van der Waals surface area contributed by atoms with Crippen LogP contribution in [0.3, 0.4) is 0 Å². The van der Waals surface area contributed by atoms with E-state index in [-0.39, 0.29) is 6.04 Å². The molecule has 0 fully saturated rings. The lowest BCUT2D eigenvalue weighted by molar-refractivity contribution is 0.481. The predicted octanol–water partition coefficient (Wildman–Crippen LogP) is 4.46. The average Bonchev–Trinajstić information content (AvgIpc) is 2.47. The van der Waals surface area contributed by atoms with Gasteiger partial charge < -0.3 is 10.6 Å². The monoisotopic (exact) mass is 313 g/mol. The molecular weight excluding hydrogens is 290 g/mol. The molecule has 2 aromatic rings. The zero-order valence-corrected chi connectivity index (χ0v) is 14.2. The molecule has 1 aromatic heterocycles. The zero-order valence-electron chi connectivity index (χ0n) is 13.3. The number of pyridine rings is 1. The van der Waals surface area contributed by atoms with Crippen molar-refractivity contribution in [3.63, 3.8) is 0 Å². The number of thiocarbonyl (C=S) groups is 1. The molecule has 2 N–H and O–H groups in total. The molecule has 0 saturated carbocycles. The van der Waals surface area contributed by atoms with Gasteiger partial charge in [-0.3, -0.25) is 0 Å². The Morgan fingerprint density at radius 3 is 2.45 bits per heavy atom. The van der Waals surface area contributed by atoms with Crippen LogP contribution >= 0.6 is 12.2 Å². The first-order chi connectivity index (χ1) is 10.5. The van der Waals surface area contributed by atoms with Crippen molar-refractivity contribution in [3.05, 3.63) is 59.8 Å². The highest BCUT2D eigenvalue weighted by molar-refractivity contribution is 7.80. The molecule has 0 aliphatic rings. The van der Waals surface area contributed by atoms with Crippen LogP contribution in [0, 0.1) is 12.8 Å². The minimum atomic E-state index is 0.200. The molecule has 1 atom stereocenters. The Kier molecular flexibility index (Phi) is 5.90. The van der Waals surface area contributed by atoms with Crippen LogP contribution in [0.15, 0.2) is 48.5 Å². The van der Waals surface area contributed by atoms with Gasteiger partial charge in [0, 0.05) is 5.69 Å². The van der Waals surface area contributed by atoms with Crippen molar-refractivity contribution in [2.24, 2.45) is 5.92 Å². The summed E-state index contributed by atoms with van der Waals surface area (Å²) in [6, 6.07) is 16.5. The highest BCUT2D eigenvalue weighted by Gasteiger charge is 2.14. The number of anilines is 1. The fourth-order valence-electron chi connectivity index (χ4n) is 2.36. The van der Waals surface area contributed by atoms with Crippen LogP contribution < -0.4 is 10.6 Å². The topological polar surface area (TPSA) is 37.0 Å². The van der Waals surface area contributed by atoms with Gasteiger partial charge in [0.25, 0.3) is 0 Å². The Balaban J connectivity index is 2.05. The molecule has 0 aliphatic heterocycles. The Labute approximate surface area is 138 Å². The van der Waals surface area contributed by atoms with Gasteiger partial charge in [-0.25, -0.2) is 4.98 Å². The van der Waals surface area contributed by atoms with Crippen LogP contribution in [-0.4, -0.2) is 10.1 Å². The Morgan fingerprint density at radius 1 is 1.09 bits per heavy atom. The summed E-state index contributed by atoms with van der Waals surface area (Å²) in [5, 5.41) is 7.18. The van der Waals surface area contributed by atoms with Crippen molar-refractivity contribution in [2.75, 3.05) is 5.32 Å². The first-order valence-electron chi connectivity index (χ1n) is 7.60. The molecule has 0 saturated heterocycles. The van der Waals surface area contributed by atoms with E-state index >= 15 is 0 Å². The summed E-state index contributed by atoms with van der Waals surface area (Å²) in [6.07, 6.45) is 1.02. The smallest absolute Gasteiger partial charge is 0.172 e. The van der Waals surface area contributed by atoms with Gasteiger partial charge in [-0.1, -0.05) is 50.2 Å². The maximum Gasteiger partial charge on any atom is 0.172 e. The molecule has 0 bridgehead atoms. The van der Waals surface area contributed by atoms with Crippen LogP contribution in [0.5, 0.6) is 0 Å². The summed E-state index contributed by atoms with van der Waals surface area (Å²) < 4.78 is 0. The Hall–Kier alpha value is -1.94. The van der Waals surface area contributed by atoms with Crippen molar-refractivity contribution >= 4 is 23.1 Å². The van der Waals surface area contributed by atoms with Crippen molar-refractivity contribution in [1.29, 1.82) is 0 Å². The second-order valence-electron chi connectivity index (χ2n) is 5.86. The van der Waals surface area contributed by atoms with E-state index in [0.717, 1.165) is 17.9 Å². The maximum absolute atomic E-state index is 5.45. The van der Waals surface area contributed by atoms with E-state index in [9.17, 15) is 0 Å². The molecule has 1 aromatic carbocycles. The summed E-state index contributed by atoms with van der Waals surface area (Å²) in [5.41, 5.74) is 2.21.